The third-order valence-corrected chi connectivity index (χ3v) is 8.90. The van der Waals surface area contributed by atoms with Crippen molar-refractivity contribution >= 4 is 29.6 Å². The van der Waals surface area contributed by atoms with Crippen molar-refractivity contribution in [2.75, 3.05) is 118 Å². The van der Waals surface area contributed by atoms with E-state index in [9.17, 15) is 14.4 Å². The summed E-state index contributed by atoms with van der Waals surface area (Å²) in [5, 5.41) is 15.5. The molecule has 0 aromatic heterocycles. The van der Waals surface area contributed by atoms with E-state index in [2.05, 4.69) is 31.3 Å². The zero-order chi connectivity index (χ0) is 35.0. The van der Waals surface area contributed by atoms with Crippen LogP contribution in [-0.2, 0) is 42.7 Å². The standard InChI is InChI=1S/C31H57N7O10S/c32-38-35-10-14-45-18-22-48-24-23-47-21-17-44-13-7-29(40)34-9-4-12-43-16-20-46-19-15-42-11-3-8-33-28(39)6-2-1-5-27-30-26(25-49-27)36-31(41)37-30/h26-27,30H,1-25H2,(H,33,39)(H,34,40)(H2,36,37,41)/t26-,27+,30+/m1/s1. The predicted octanol–water partition coefficient (Wildman–Crippen LogP) is 1.54. The van der Waals surface area contributed by atoms with Gasteiger partial charge in [-0.2, -0.15) is 11.8 Å². The van der Waals surface area contributed by atoms with Crippen LogP contribution in [0.3, 0.4) is 0 Å². The highest BCUT2D eigenvalue weighted by Gasteiger charge is 2.42. The molecule has 0 aromatic rings. The van der Waals surface area contributed by atoms with Crippen LogP contribution >= 0.6 is 11.8 Å². The Morgan fingerprint density at radius 3 is 1.78 bits per heavy atom. The fourth-order valence-corrected chi connectivity index (χ4v) is 6.42. The molecular formula is C31H57N7O10S. The van der Waals surface area contributed by atoms with Crippen LogP contribution in [0.4, 0.5) is 4.79 Å². The van der Waals surface area contributed by atoms with E-state index in [0.717, 1.165) is 31.4 Å². The molecule has 2 fully saturated rings. The number of nitrogens with zero attached hydrogens (tertiary/aromatic N) is 3. The molecule has 0 bridgehead atoms. The van der Waals surface area contributed by atoms with Crippen molar-refractivity contribution in [1.29, 1.82) is 0 Å². The number of urea groups is 1. The molecule has 3 atom stereocenters. The molecule has 49 heavy (non-hydrogen) atoms. The summed E-state index contributed by atoms with van der Waals surface area (Å²) in [5.41, 5.74) is 8.14. The number of ether oxygens (including phenoxy) is 7. The Bertz CT molecular complexity index is 935. The molecule has 0 radical (unpaired) electrons. The molecule has 17 nitrogen and oxygen atoms in total. The highest BCUT2D eigenvalue weighted by molar-refractivity contribution is 8.00. The lowest BCUT2D eigenvalue weighted by atomic mass is 10.0. The third kappa shape index (κ3) is 23.6. The predicted molar refractivity (Wildman–Crippen MR) is 184 cm³/mol. The molecule has 4 amide bonds. The zero-order valence-electron chi connectivity index (χ0n) is 28.7. The largest absolute Gasteiger partial charge is 0.379 e. The number of rotatable bonds is 34. The van der Waals surface area contributed by atoms with Gasteiger partial charge in [-0.05, 0) is 31.2 Å². The van der Waals surface area contributed by atoms with Crippen LogP contribution in [0.2, 0.25) is 0 Å². The summed E-state index contributed by atoms with van der Waals surface area (Å²) in [6, 6.07) is 0.407. The lowest BCUT2D eigenvalue weighted by Gasteiger charge is -2.16. The van der Waals surface area contributed by atoms with Gasteiger partial charge in [0.15, 0.2) is 0 Å². The van der Waals surface area contributed by atoms with Crippen LogP contribution in [0.1, 0.15) is 44.9 Å². The maximum atomic E-state index is 12.0. The lowest BCUT2D eigenvalue weighted by molar-refractivity contribution is -0.122. The van der Waals surface area contributed by atoms with E-state index < -0.39 is 0 Å². The Morgan fingerprint density at radius 2 is 1.20 bits per heavy atom. The van der Waals surface area contributed by atoms with Crippen LogP contribution in [-0.4, -0.2) is 153 Å². The van der Waals surface area contributed by atoms with E-state index >= 15 is 0 Å². The fraction of sp³-hybridized carbons (Fsp3) is 0.903. The van der Waals surface area contributed by atoms with Crippen molar-refractivity contribution in [2.24, 2.45) is 5.11 Å². The SMILES string of the molecule is [N-]=[N+]=NCCOCCOCCOCCOCCC(=O)NCCCOCCOCCOCCCNC(=O)CCCC[C@@H]1SC[C@H]2NC(=O)N[C@H]12. The van der Waals surface area contributed by atoms with E-state index in [0.29, 0.717) is 130 Å². The molecule has 2 heterocycles. The van der Waals surface area contributed by atoms with Gasteiger partial charge in [-0.15, -0.1) is 0 Å². The first kappa shape index (κ1) is 42.8. The number of carbonyl (C=O) groups excluding carboxylic acids is 3. The van der Waals surface area contributed by atoms with E-state index in [1.807, 2.05) is 11.8 Å². The van der Waals surface area contributed by atoms with Crippen molar-refractivity contribution in [2.45, 2.75) is 62.3 Å². The Kier molecular flexibility index (Phi) is 26.5. The maximum Gasteiger partial charge on any atom is 0.315 e. The molecule has 18 heteroatoms. The van der Waals surface area contributed by atoms with Crippen LogP contribution in [0.25, 0.3) is 10.4 Å². The number of fused-ring (bicyclic) bond motifs is 1. The van der Waals surface area contributed by atoms with Crippen LogP contribution in [0.5, 0.6) is 0 Å². The van der Waals surface area contributed by atoms with Gasteiger partial charge in [0.2, 0.25) is 11.8 Å². The van der Waals surface area contributed by atoms with E-state index in [4.69, 9.17) is 38.7 Å². The number of unbranched alkanes of at least 4 members (excludes halogenated alkanes) is 1. The van der Waals surface area contributed by atoms with Crippen LogP contribution < -0.4 is 21.3 Å². The average Bonchev–Trinajstić information content (AvgIpc) is 3.65. The average molecular weight is 720 g/mol. The lowest BCUT2D eigenvalue weighted by Crippen LogP contribution is -2.36. The van der Waals surface area contributed by atoms with Crippen molar-refractivity contribution in [3.05, 3.63) is 10.4 Å². The van der Waals surface area contributed by atoms with E-state index in [1.54, 1.807) is 0 Å². The number of hydrogen-bond donors (Lipinski definition) is 4. The second-order valence-corrected chi connectivity index (χ2v) is 12.5. The Balaban J connectivity index is 1.20. The molecule has 2 aliphatic heterocycles. The smallest absolute Gasteiger partial charge is 0.315 e. The molecule has 0 unspecified atom stereocenters. The normalized spacial score (nSPS) is 18.0. The van der Waals surface area contributed by atoms with Crippen molar-refractivity contribution in [3.8, 4) is 0 Å². The molecule has 0 aliphatic carbocycles. The number of nitrogens with one attached hydrogen (secondary N) is 4. The van der Waals surface area contributed by atoms with Gasteiger partial charge in [0.25, 0.3) is 0 Å². The van der Waals surface area contributed by atoms with Crippen molar-refractivity contribution in [1.82, 2.24) is 21.3 Å². The summed E-state index contributed by atoms with van der Waals surface area (Å²) >= 11 is 1.90. The molecule has 2 rings (SSSR count). The molecule has 4 N–H and O–H groups in total. The Hall–Kier alpha value is -2.41. The number of azide groups is 1. The minimum Gasteiger partial charge on any atom is -0.379 e. The zero-order valence-corrected chi connectivity index (χ0v) is 29.6. The van der Waals surface area contributed by atoms with Gasteiger partial charge in [0.05, 0.1) is 91.4 Å². The summed E-state index contributed by atoms with van der Waals surface area (Å²) in [5.74, 6) is 0.966. The van der Waals surface area contributed by atoms with Gasteiger partial charge in [-0.3, -0.25) is 9.59 Å². The molecule has 0 aromatic carbocycles. The first-order valence-electron chi connectivity index (χ1n) is 17.4. The van der Waals surface area contributed by atoms with Gasteiger partial charge in [-0.25, -0.2) is 4.79 Å². The Labute approximate surface area is 293 Å². The molecule has 2 aliphatic rings. The molecular weight excluding hydrogens is 662 g/mol. The fourth-order valence-electron chi connectivity index (χ4n) is 4.87. The van der Waals surface area contributed by atoms with E-state index in [1.165, 1.54) is 0 Å². The second kappa shape index (κ2) is 30.4. The van der Waals surface area contributed by atoms with Crippen molar-refractivity contribution < 1.29 is 47.5 Å². The Morgan fingerprint density at radius 1 is 0.694 bits per heavy atom. The first-order chi connectivity index (χ1) is 24.1. The van der Waals surface area contributed by atoms with Gasteiger partial charge in [-0.1, -0.05) is 11.5 Å². The summed E-state index contributed by atoms with van der Waals surface area (Å²) in [6.07, 6.45) is 5.12. The van der Waals surface area contributed by atoms with Gasteiger partial charge < -0.3 is 54.4 Å². The highest BCUT2D eigenvalue weighted by Crippen LogP contribution is 2.33. The van der Waals surface area contributed by atoms with Gasteiger partial charge in [0, 0.05) is 61.6 Å². The molecule has 2 saturated heterocycles. The summed E-state index contributed by atoms with van der Waals surface area (Å²) < 4.78 is 38.0. The third-order valence-electron chi connectivity index (χ3n) is 7.39. The number of thioether (sulfide) groups is 1. The maximum absolute atomic E-state index is 12.0. The highest BCUT2D eigenvalue weighted by atomic mass is 32.2. The minimum atomic E-state index is -0.0649. The molecule has 282 valence electrons. The van der Waals surface area contributed by atoms with Crippen LogP contribution in [0.15, 0.2) is 5.11 Å². The molecule has 0 saturated carbocycles. The first-order valence-corrected chi connectivity index (χ1v) is 18.4. The number of carbonyl (C=O) groups is 3. The van der Waals surface area contributed by atoms with Crippen molar-refractivity contribution in [3.63, 3.8) is 0 Å². The topological polar surface area (TPSA) is 213 Å². The quantitative estimate of drug-likeness (QED) is 0.0246. The minimum absolute atomic E-state index is 0.0613. The summed E-state index contributed by atoms with van der Waals surface area (Å²) in [7, 11) is 0. The van der Waals surface area contributed by atoms with Gasteiger partial charge in [0.1, 0.15) is 0 Å². The number of hydrogen-bond acceptors (Lipinski definition) is 12. The number of amides is 4. The summed E-state index contributed by atoms with van der Waals surface area (Å²) in [6.45, 7) is 7.77. The van der Waals surface area contributed by atoms with E-state index in [-0.39, 0.29) is 36.3 Å². The molecule has 0 spiro atoms. The van der Waals surface area contributed by atoms with Crippen LogP contribution in [0, 0.1) is 0 Å². The van der Waals surface area contributed by atoms with Gasteiger partial charge >= 0.3 is 6.03 Å². The summed E-state index contributed by atoms with van der Waals surface area (Å²) in [4.78, 5) is 38.0. The monoisotopic (exact) mass is 719 g/mol. The second-order valence-electron chi connectivity index (χ2n) is 11.3.